The fourth-order valence-corrected chi connectivity index (χ4v) is 3.30. The molecule has 0 heterocycles. The van der Waals surface area contributed by atoms with E-state index >= 15 is 0 Å². The quantitative estimate of drug-likeness (QED) is 0.474. The summed E-state index contributed by atoms with van der Waals surface area (Å²) in [6, 6.07) is 8.60. The van der Waals surface area contributed by atoms with Crippen LogP contribution in [-0.4, -0.2) is 34.8 Å². The summed E-state index contributed by atoms with van der Waals surface area (Å²) in [5, 5.41) is 16.5. The number of aryl methyl sites for hydroxylation is 1. The Hall–Kier alpha value is -2.58. The first-order valence-electron chi connectivity index (χ1n) is 8.85. The van der Waals surface area contributed by atoms with E-state index in [4.69, 9.17) is 11.6 Å². The smallest absolute Gasteiger partial charge is 0.288 e. The Balaban J connectivity index is 2.20. The van der Waals surface area contributed by atoms with Gasteiger partial charge in [0.25, 0.3) is 11.6 Å². The van der Waals surface area contributed by atoms with Gasteiger partial charge in [-0.2, -0.15) is 11.8 Å². The first-order chi connectivity index (χ1) is 13.7. The number of carbonyl (C=O) groups is 2. The maximum atomic E-state index is 12.8. The van der Waals surface area contributed by atoms with E-state index in [1.165, 1.54) is 12.1 Å². The number of benzene rings is 2. The summed E-state index contributed by atoms with van der Waals surface area (Å²) in [4.78, 5) is 35.8. The van der Waals surface area contributed by atoms with Gasteiger partial charge in [-0.25, -0.2) is 0 Å². The summed E-state index contributed by atoms with van der Waals surface area (Å²) in [6.07, 6.45) is 2.32. The average Bonchev–Trinajstić information content (AvgIpc) is 2.68. The minimum absolute atomic E-state index is 0.0573. The number of hydrogen-bond donors (Lipinski definition) is 2. The fraction of sp³-hybridized carbons (Fsp3) is 0.300. The standard InChI is InChI=1S/C20H22ClN3O4S/c1-12-5-4-6-16(13(12)2)22-20(26)17(9-10-29-3)23-19(25)14-7-8-15(21)18(11-14)24(27)28/h4-8,11,17H,9-10H2,1-3H3,(H,22,26)(H,23,25). The van der Waals surface area contributed by atoms with Gasteiger partial charge in [0.05, 0.1) is 4.92 Å². The number of hydrogen-bond acceptors (Lipinski definition) is 5. The number of nitro groups is 1. The summed E-state index contributed by atoms with van der Waals surface area (Å²) in [6.45, 7) is 3.86. The molecule has 0 saturated carbocycles. The van der Waals surface area contributed by atoms with E-state index in [1.807, 2.05) is 32.2 Å². The zero-order valence-corrected chi connectivity index (χ0v) is 17.9. The third-order valence-corrected chi connectivity index (χ3v) is 5.46. The van der Waals surface area contributed by atoms with Crippen LogP contribution in [0.15, 0.2) is 36.4 Å². The second-order valence-electron chi connectivity index (χ2n) is 6.47. The van der Waals surface area contributed by atoms with Crippen LogP contribution in [0.1, 0.15) is 27.9 Å². The maximum absolute atomic E-state index is 12.8. The van der Waals surface area contributed by atoms with E-state index in [0.717, 1.165) is 17.2 Å². The first kappa shape index (κ1) is 22.7. The number of carbonyl (C=O) groups excluding carboxylic acids is 2. The lowest BCUT2D eigenvalue weighted by atomic mass is 10.1. The number of halogens is 1. The predicted octanol–water partition coefficient (Wildman–Crippen LogP) is 4.36. The molecule has 2 aromatic carbocycles. The second kappa shape index (κ2) is 10.3. The molecule has 2 aromatic rings. The monoisotopic (exact) mass is 435 g/mol. The van der Waals surface area contributed by atoms with Gasteiger partial charge in [-0.15, -0.1) is 0 Å². The van der Waals surface area contributed by atoms with Crippen LogP contribution in [-0.2, 0) is 4.79 Å². The van der Waals surface area contributed by atoms with Gasteiger partial charge in [0.15, 0.2) is 0 Å². The van der Waals surface area contributed by atoms with Crippen LogP contribution in [0.5, 0.6) is 0 Å². The highest BCUT2D eigenvalue weighted by molar-refractivity contribution is 7.98. The predicted molar refractivity (Wildman–Crippen MR) is 117 cm³/mol. The Kier molecular flexibility index (Phi) is 8.04. The van der Waals surface area contributed by atoms with Crippen molar-refractivity contribution < 1.29 is 14.5 Å². The largest absolute Gasteiger partial charge is 0.340 e. The Morgan fingerprint density at radius 1 is 1.24 bits per heavy atom. The Morgan fingerprint density at radius 2 is 1.97 bits per heavy atom. The van der Waals surface area contributed by atoms with Gasteiger partial charge in [-0.1, -0.05) is 23.7 Å². The molecule has 2 N–H and O–H groups in total. The molecule has 0 aliphatic heterocycles. The van der Waals surface area contributed by atoms with Gasteiger partial charge in [0, 0.05) is 17.3 Å². The highest BCUT2D eigenvalue weighted by atomic mass is 35.5. The van der Waals surface area contributed by atoms with Gasteiger partial charge < -0.3 is 10.6 Å². The molecule has 0 aromatic heterocycles. The lowest BCUT2D eigenvalue weighted by Gasteiger charge is -2.19. The van der Waals surface area contributed by atoms with Crippen LogP contribution < -0.4 is 10.6 Å². The van der Waals surface area contributed by atoms with E-state index in [2.05, 4.69) is 10.6 Å². The number of nitro benzene ring substituents is 1. The second-order valence-corrected chi connectivity index (χ2v) is 7.86. The molecule has 9 heteroatoms. The van der Waals surface area contributed by atoms with Crippen LogP contribution in [0, 0.1) is 24.0 Å². The lowest BCUT2D eigenvalue weighted by Crippen LogP contribution is -2.44. The summed E-state index contributed by atoms with van der Waals surface area (Å²) in [7, 11) is 0. The minimum Gasteiger partial charge on any atom is -0.340 e. The maximum Gasteiger partial charge on any atom is 0.288 e. The van der Waals surface area contributed by atoms with Crippen LogP contribution in [0.25, 0.3) is 0 Å². The van der Waals surface area contributed by atoms with E-state index in [9.17, 15) is 19.7 Å². The van der Waals surface area contributed by atoms with Crippen LogP contribution >= 0.6 is 23.4 Å². The van der Waals surface area contributed by atoms with Crippen molar-refractivity contribution in [2.45, 2.75) is 26.3 Å². The number of nitrogens with one attached hydrogen (secondary N) is 2. The van der Waals surface area contributed by atoms with E-state index in [0.29, 0.717) is 17.9 Å². The highest BCUT2D eigenvalue weighted by Gasteiger charge is 2.23. The molecule has 7 nitrogen and oxygen atoms in total. The number of amides is 2. The van der Waals surface area contributed by atoms with Gasteiger partial charge in [-0.3, -0.25) is 19.7 Å². The number of nitrogens with zero attached hydrogens (tertiary/aromatic N) is 1. The molecule has 1 atom stereocenters. The minimum atomic E-state index is -0.787. The summed E-state index contributed by atoms with van der Waals surface area (Å²) >= 11 is 7.35. The van der Waals surface area contributed by atoms with Crippen molar-refractivity contribution in [2.75, 3.05) is 17.3 Å². The molecular weight excluding hydrogens is 414 g/mol. The highest BCUT2D eigenvalue weighted by Crippen LogP contribution is 2.25. The lowest BCUT2D eigenvalue weighted by molar-refractivity contribution is -0.384. The van der Waals surface area contributed by atoms with Crippen molar-refractivity contribution in [3.05, 3.63) is 68.2 Å². The van der Waals surface area contributed by atoms with Crippen LogP contribution in [0.2, 0.25) is 5.02 Å². The van der Waals surface area contributed by atoms with Gasteiger partial charge in [0.1, 0.15) is 11.1 Å². The van der Waals surface area contributed by atoms with Crippen molar-refractivity contribution in [1.82, 2.24) is 5.32 Å². The molecule has 0 saturated heterocycles. The normalized spacial score (nSPS) is 11.6. The zero-order chi connectivity index (χ0) is 21.6. The third-order valence-electron chi connectivity index (χ3n) is 4.50. The number of thioether (sulfide) groups is 1. The van der Waals surface area contributed by atoms with Crippen molar-refractivity contribution >= 4 is 46.6 Å². The molecular formula is C20H22ClN3O4S. The summed E-state index contributed by atoms with van der Waals surface area (Å²) in [5.74, 6) is -0.261. The number of anilines is 1. The van der Waals surface area contributed by atoms with Gasteiger partial charge in [0.2, 0.25) is 5.91 Å². The van der Waals surface area contributed by atoms with Gasteiger partial charge in [-0.05, 0) is 61.6 Å². The average molecular weight is 436 g/mol. The summed E-state index contributed by atoms with van der Waals surface area (Å²) in [5.41, 5.74) is 2.38. The molecule has 2 amide bonds. The SMILES string of the molecule is CSCCC(NC(=O)c1ccc(Cl)c([N+](=O)[O-])c1)C(=O)Nc1cccc(C)c1C. The molecule has 1 unspecified atom stereocenters. The fourth-order valence-electron chi connectivity index (χ4n) is 2.65. The number of rotatable bonds is 8. The zero-order valence-electron chi connectivity index (χ0n) is 16.3. The topological polar surface area (TPSA) is 101 Å². The Bertz CT molecular complexity index is 936. The third kappa shape index (κ3) is 5.95. The van der Waals surface area contributed by atoms with E-state index in [-0.39, 0.29) is 22.2 Å². The van der Waals surface area contributed by atoms with E-state index < -0.39 is 16.9 Å². The molecule has 0 aliphatic rings. The Morgan fingerprint density at radius 3 is 2.62 bits per heavy atom. The van der Waals surface area contributed by atoms with Crippen LogP contribution in [0.4, 0.5) is 11.4 Å². The molecule has 154 valence electrons. The molecule has 0 spiro atoms. The molecule has 0 bridgehead atoms. The van der Waals surface area contributed by atoms with Crippen molar-refractivity contribution in [3.8, 4) is 0 Å². The van der Waals surface area contributed by atoms with Crippen molar-refractivity contribution in [3.63, 3.8) is 0 Å². The molecule has 0 aliphatic carbocycles. The molecule has 29 heavy (non-hydrogen) atoms. The Labute approximate surface area is 178 Å². The summed E-state index contributed by atoms with van der Waals surface area (Å²) < 4.78 is 0. The van der Waals surface area contributed by atoms with Crippen molar-refractivity contribution in [1.29, 1.82) is 0 Å². The van der Waals surface area contributed by atoms with Gasteiger partial charge >= 0.3 is 0 Å². The molecule has 0 fully saturated rings. The molecule has 2 rings (SSSR count). The first-order valence-corrected chi connectivity index (χ1v) is 10.6. The van der Waals surface area contributed by atoms with E-state index in [1.54, 1.807) is 17.8 Å². The van der Waals surface area contributed by atoms with Crippen molar-refractivity contribution in [2.24, 2.45) is 0 Å². The molecule has 0 radical (unpaired) electrons. The van der Waals surface area contributed by atoms with Crippen LogP contribution in [0.3, 0.4) is 0 Å².